The summed E-state index contributed by atoms with van der Waals surface area (Å²) >= 11 is 0. The lowest BCUT2D eigenvalue weighted by atomic mass is 10.1. The molecule has 30 heavy (non-hydrogen) atoms. The number of benzene rings is 3. The van der Waals surface area contributed by atoms with Crippen molar-refractivity contribution in [3.63, 3.8) is 0 Å². The first-order valence-electron chi connectivity index (χ1n) is 10.3. The van der Waals surface area contributed by atoms with Gasteiger partial charge in [0.15, 0.2) is 0 Å². The lowest BCUT2D eigenvalue weighted by Gasteiger charge is -2.26. The fourth-order valence-corrected chi connectivity index (χ4v) is 4.14. The Bertz CT molecular complexity index is 1100. The van der Waals surface area contributed by atoms with Crippen molar-refractivity contribution in [2.75, 3.05) is 0 Å². The Morgan fingerprint density at radius 2 is 1.53 bits per heavy atom. The lowest BCUT2D eigenvalue weighted by Crippen LogP contribution is -2.30. The summed E-state index contributed by atoms with van der Waals surface area (Å²) < 4.78 is 12.4. The maximum absolute atomic E-state index is 13.0. The van der Waals surface area contributed by atoms with Gasteiger partial charge in [-0.2, -0.15) is 0 Å². The van der Waals surface area contributed by atoms with Crippen molar-refractivity contribution in [2.24, 2.45) is 0 Å². The van der Waals surface area contributed by atoms with Crippen molar-refractivity contribution >= 4 is 16.9 Å². The molecule has 1 amide bonds. The van der Waals surface area contributed by atoms with E-state index in [-0.39, 0.29) is 18.1 Å². The molecule has 2 atom stereocenters. The molecule has 150 valence electrons. The van der Waals surface area contributed by atoms with Gasteiger partial charge in [-0.15, -0.1) is 0 Å². The Labute approximate surface area is 175 Å². The average molecular weight is 397 g/mol. The van der Waals surface area contributed by atoms with Gasteiger partial charge in [-0.05, 0) is 23.3 Å². The van der Waals surface area contributed by atoms with Gasteiger partial charge in [0.1, 0.15) is 17.4 Å². The van der Waals surface area contributed by atoms with Crippen LogP contribution in [0.25, 0.3) is 11.0 Å². The van der Waals surface area contributed by atoms with Crippen LogP contribution in [0.15, 0.2) is 95.4 Å². The summed E-state index contributed by atoms with van der Waals surface area (Å²) in [5, 5.41) is 1.04. The van der Waals surface area contributed by atoms with Crippen LogP contribution in [0.5, 0.6) is 0 Å². The summed E-state index contributed by atoms with van der Waals surface area (Å²) in [7, 11) is 0. The molecule has 0 unspecified atom stereocenters. The topological polar surface area (TPSA) is 42.7 Å². The van der Waals surface area contributed by atoms with E-state index in [1.807, 2.05) is 95.9 Å². The molecule has 1 saturated heterocycles. The van der Waals surface area contributed by atoms with Crippen molar-refractivity contribution < 1.29 is 13.9 Å². The normalized spacial score (nSPS) is 18.9. The second-order valence-corrected chi connectivity index (χ2v) is 7.68. The molecule has 4 aromatic rings. The monoisotopic (exact) mass is 397 g/mol. The van der Waals surface area contributed by atoms with Crippen molar-refractivity contribution in [3.8, 4) is 0 Å². The highest BCUT2D eigenvalue weighted by Crippen LogP contribution is 2.39. The fourth-order valence-electron chi connectivity index (χ4n) is 4.14. The maximum Gasteiger partial charge on any atom is 0.226 e. The molecule has 1 aromatic heterocycles. The molecule has 4 heteroatoms. The van der Waals surface area contributed by atoms with E-state index in [2.05, 4.69) is 0 Å². The SMILES string of the molecule is O=C1C[C@H](OCc2ccccc2)[C@H](c2cc3ccccc3o2)N1Cc1ccccc1. The minimum Gasteiger partial charge on any atom is -0.459 e. The number of nitrogens with zero attached hydrogens (tertiary/aromatic N) is 1. The first-order chi connectivity index (χ1) is 14.8. The number of furan rings is 1. The van der Waals surface area contributed by atoms with Crippen LogP contribution in [0.3, 0.4) is 0 Å². The number of carbonyl (C=O) groups is 1. The van der Waals surface area contributed by atoms with E-state index >= 15 is 0 Å². The summed E-state index contributed by atoms with van der Waals surface area (Å²) in [6, 6.07) is 29.8. The number of para-hydroxylation sites is 1. The number of hydrogen-bond acceptors (Lipinski definition) is 3. The second kappa shape index (κ2) is 8.17. The molecule has 0 spiro atoms. The van der Waals surface area contributed by atoms with Gasteiger partial charge in [-0.1, -0.05) is 78.9 Å². The summed E-state index contributed by atoms with van der Waals surface area (Å²) in [4.78, 5) is 14.9. The minimum absolute atomic E-state index is 0.0855. The molecule has 1 aliphatic heterocycles. The Morgan fingerprint density at radius 3 is 2.27 bits per heavy atom. The number of rotatable bonds is 6. The predicted octanol–water partition coefficient (Wildman–Crippen LogP) is 5.49. The quantitative estimate of drug-likeness (QED) is 0.432. The van der Waals surface area contributed by atoms with Crippen LogP contribution in [0.1, 0.15) is 29.3 Å². The van der Waals surface area contributed by atoms with Gasteiger partial charge in [0.2, 0.25) is 5.91 Å². The van der Waals surface area contributed by atoms with Crippen LogP contribution >= 0.6 is 0 Å². The van der Waals surface area contributed by atoms with E-state index in [1.165, 1.54) is 0 Å². The zero-order valence-corrected chi connectivity index (χ0v) is 16.6. The van der Waals surface area contributed by atoms with E-state index in [1.54, 1.807) is 0 Å². The van der Waals surface area contributed by atoms with E-state index in [4.69, 9.17) is 9.15 Å². The van der Waals surface area contributed by atoms with Crippen LogP contribution in [-0.4, -0.2) is 16.9 Å². The van der Waals surface area contributed by atoms with Crippen LogP contribution in [0.4, 0.5) is 0 Å². The Balaban J connectivity index is 1.46. The predicted molar refractivity (Wildman–Crippen MR) is 116 cm³/mol. The molecule has 5 rings (SSSR count). The Hall–Kier alpha value is -3.37. The molecular weight excluding hydrogens is 374 g/mol. The minimum atomic E-state index is -0.262. The second-order valence-electron chi connectivity index (χ2n) is 7.68. The van der Waals surface area contributed by atoms with E-state index < -0.39 is 0 Å². The van der Waals surface area contributed by atoms with Crippen LogP contribution < -0.4 is 0 Å². The molecular formula is C26H23NO3. The van der Waals surface area contributed by atoms with Gasteiger partial charge in [0.25, 0.3) is 0 Å². The first-order valence-corrected chi connectivity index (χ1v) is 10.3. The first kappa shape index (κ1) is 18.6. The van der Waals surface area contributed by atoms with Gasteiger partial charge in [0, 0.05) is 11.9 Å². The molecule has 1 fully saturated rings. The highest BCUT2D eigenvalue weighted by atomic mass is 16.5. The molecule has 0 N–H and O–H groups in total. The molecule has 4 nitrogen and oxygen atoms in total. The zero-order valence-electron chi connectivity index (χ0n) is 16.6. The third kappa shape index (κ3) is 3.74. The van der Waals surface area contributed by atoms with Gasteiger partial charge in [-0.3, -0.25) is 4.79 Å². The smallest absolute Gasteiger partial charge is 0.226 e. The Morgan fingerprint density at radius 1 is 0.867 bits per heavy atom. The summed E-state index contributed by atoms with van der Waals surface area (Å²) in [6.45, 7) is 1.00. The average Bonchev–Trinajstić information content (AvgIpc) is 3.34. The highest BCUT2D eigenvalue weighted by Gasteiger charge is 2.43. The lowest BCUT2D eigenvalue weighted by molar-refractivity contribution is -0.129. The van der Waals surface area contributed by atoms with E-state index in [0.717, 1.165) is 27.9 Å². The third-order valence-corrected chi connectivity index (χ3v) is 5.62. The van der Waals surface area contributed by atoms with Crippen LogP contribution in [0, 0.1) is 0 Å². The van der Waals surface area contributed by atoms with Crippen LogP contribution in [0.2, 0.25) is 0 Å². The number of carbonyl (C=O) groups excluding carboxylic acids is 1. The molecule has 0 bridgehead atoms. The summed E-state index contributed by atoms with van der Waals surface area (Å²) in [6.07, 6.45) is 0.0865. The van der Waals surface area contributed by atoms with E-state index in [0.29, 0.717) is 19.6 Å². The number of amides is 1. The van der Waals surface area contributed by atoms with Crippen molar-refractivity contribution in [3.05, 3.63) is 108 Å². The molecule has 0 saturated carbocycles. The third-order valence-electron chi connectivity index (χ3n) is 5.62. The maximum atomic E-state index is 13.0. The summed E-state index contributed by atoms with van der Waals surface area (Å²) in [5.74, 6) is 0.860. The molecule has 0 radical (unpaired) electrons. The van der Waals surface area contributed by atoms with Crippen molar-refractivity contribution in [1.82, 2.24) is 4.90 Å². The number of hydrogen-bond donors (Lipinski definition) is 0. The molecule has 2 heterocycles. The van der Waals surface area contributed by atoms with Gasteiger partial charge in [-0.25, -0.2) is 0 Å². The van der Waals surface area contributed by atoms with Gasteiger partial charge < -0.3 is 14.1 Å². The fraction of sp³-hybridized carbons (Fsp3) is 0.192. The van der Waals surface area contributed by atoms with Gasteiger partial charge >= 0.3 is 0 Å². The Kier molecular flexibility index (Phi) is 5.08. The highest BCUT2D eigenvalue weighted by molar-refractivity contribution is 5.81. The van der Waals surface area contributed by atoms with E-state index in [9.17, 15) is 4.79 Å². The molecule has 1 aliphatic rings. The zero-order chi connectivity index (χ0) is 20.3. The molecule has 3 aromatic carbocycles. The summed E-state index contributed by atoms with van der Waals surface area (Å²) in [5.41, 5.74) is 3.01. The largest absolute Gasteiger partial charge is 0.459 e. The van der Waals surface area contributed by atoms with Crippen molar-refractivity contribution in [1.29, 1.82) is 0 Å². The standard InChI is InChI=1S/C26H23NO3/c28-25-16-23(29-18-20-11-5-2-6-12-20)26(27(25)17-19-9-3-1-4-10-19)24-15-21-13-7-8-14-22(21)30-24/h1-15,23,26H,16-18H2/t23-,26+/m0/s1. The molecule has 0 aliphatic carbocycles. The number of fused-ring (bicyclic) bond motifs is 1. The van der Waals surface area contributed by atoms with Crippen LogP contribution in [-0.2, 0) is 22.7 Å². The van der Waals surface area contributed by atoms with Gasteiger partial charge in [0.05, 0.1) is 19.1 Å². The van der Waals surface area contributed by atoms with Crippen molar-refractivity contribution in [2.45, 2.75) is 31.7 Å². The number of likely N-dealkylation sites (tertiary alicyclic amines) is 1. The number of ether oxygens (including phenoxy) is 1.